The molecule has 1 atom stereocenters. The van der Waals surface area contributed by atoms with Crippen LogP contribution in [0.3, 0.4) is 0 Å². The fraction of sp³-hybridized carbons (Fsp3) is 0.278. The van der Waals surface area contributed by atoms with Gasteiger partial charge in [0.1, 0.15) is 6.04 Å². The van der Waals surface area contributed by atoms with E-state index in [-0.39, 0.29) is 11.9 Å². The van der Waals surface area contributed by atoms with Crippen LogP contribution in [0.4, 0.5) is 11.4 Å². The van der Waals surface area contributed by atoms with E-state index in [4.69, 9.17) is 0 Å². The average Bonchev–Trinajstić information content (AvgIpc) is 2.88. The highest BCUT2D eigenvalue weighted by Crippen LogP contribution is 2.29. The molecule has 2 N–H and O–H groups in total. The normalized spacial score (nSPS) is 16.2. The Bertz CT molecular complexity index is 642. The Morgan fingerprint density at radius 2 is 1.82 bits per heavy atom. The van der Waals surface area contributed by atoms with Gasteiger partial charge in [-0.15, -0.1) is 0 Å². The van der Waals surface area contributed by atoms with E-state index in [1.54, 1.807) is 0 Å². The molecule has 1 amide bonds. The highest BCUT2D eigenvalue weighted by atomic mass is 16.2. The Kier molecular flexibility index (Phi) is 4.39. The van der Waals surface area contributed by atoms with Crippen LogP contribution >= 0.6 is 0 Å². The summed E-state index contributed by atoms with van der Waals surface area (Å²) in [5, 5.41) is 6.27. The molecular formula is C18H21N3O. The standard InChI is InChI=1S/C18H21N3O/c1-21(14-8-3-2-4-9-14)13-7-12-19-17-15-10-5-6-11-16(15)20-18(17)22/h2-6,8-11,17,19H,7,12-13H2,1H3,(H,20,22). The lowest BCUT2D eigenvalue weighted by atomic mass is 10.1. The van der Waals surface area contributed by atoms with Gasteiger partial charge in [0.25, 0.3) is 0 Å². The van der Waals surface area contributed by atoms with Crippen molar-refractivity contribution in [2.45, 2.75) is 12.5 Å². The van der Waals surface area contributed by atoms with Crippen molar-refractivity contribution in [2.24, 2.45) is 0 Å². The SMILES string of the molecule is CN(CCCNC1C(=O)Nc2ccccc21)c1ccccc1. The van der Waals surface area contributed by atoms with E-state index in [0.29, 0.717) is 0 Å². The summed E-state index contributed by atoms with van der Waals surface area (Å²) in [5.74, 6) is 0.0395. The minimum absolute atomic E-state index is 0.0395. The van der Waals surface area contributed by atoms with Gasteiger partial charge in [-0.25, -0.2) is 0 Å². The van der Waals surface area contributed by atoms with Crippen molar-refractivity contribution in [3.63, 3.8) is 0 Å². The maximum Gasteiger partial charge on any atom is 0.246 e. The number of fused-ring (bicyclic) bond motifs is 1. The molecule has 1 unspecified atom stereocenters. The molecule has 1 aliphatic heterocycles. The number of para-hydroxylation sites is 2. The van der Waals surface area contributed by atoms with Crippen LogP contribution in [0.1, 0.15) is 18.0 Å². The van der Waals surface area contributed by atoms with Crippen molar-refractivity contribution >= 4 is 17.3 Å². The van der Waals surface area contributed by atoms with Crippen LogP contribution in [-0.4, -0.2) is 26.0 Å². The summed E-state index contributed by atoms with van der Waals surface area (Å²) in [6, 6.07) is 18.0. The summed E-state index contributed by atoms with van der Waals surface area (Å²) in [6.45, 7) is 1.76. The number of nitrogens with zero attached hydrogens (tertiary/aromatic N) is 1. The number of anilines is 2. The molecule has 0 saturated heterocycles. The summed E-state index contributed by atoms with van der Waals surface area (Å²) in [7, 11) is 2.09. The van der Waals surface area contributed by atoms with Gasteiger partial charge in [0, 0.05) is 30.5 Å². The fourth-order valence-electron chi connectivity index (χ4n) is 2.79. The lowest BCUT2D eigenvalue weighted by Gasteiger charge is -2.20. The van der Waals surface area contributed by atoms with E-state index in [2.05, 4.69) is 34.7 Å². The zero-order valence-corrected chi connectivity index (χ0v) is 12.8. The van der Waals surface area contributed by atoms with Crippen molar-refractivity contribution in [3.05, 3.63) is 60.2 Å². The predicted octanol–water partition coefficient (Wildman–Crippen LogP) is 2.80. The molecule has 3 rings (SSSR count). The zero-order chi connectivity index (χ0) is 15.4. The molecule has 4 heteroatoms. The monoisotopic (exact) mass is 295 g/mol. The van der Waals surface area contributed by atoms with Crippen LogP contribution in [-0.2, 0) is 4.79 Å². The van der Waals surface area contributed by atoms with E-state index in [1.165, 1.54) is 5.69 Å². The number of benzene rings is 2. The van der Waals surface area contributed by atoms with Gasteiger partial charge in [-0.3, -0.25) is 4.79 Å². The minimum atomic E-state index is -0.224. The van der Waals surface area contributed by atoms with Crippen molar-refractivity contribution in [1.29, 1.82) is 0 Å². The van der Waals surface area contributed by atoms with E-state index >= 15 is 0 Å². The topological polar surface area (TPSA) is 44.4 Å². The summed E-state index contributed by atoms with van der Waals surface area (Å²) in [5.41, 5.74) is 3.18. The second kappa shape index (κ2) is 6.62. The van der Waals surface area contributed by atoms with Crippen LogP contribution in [0.5, 0.6) is 0 Å². The number of rotatable bonds is 6. The van der Waals surface area contributed by atoms with Crippen LogP contribution < -0.4 is 15.5 Å². The summed E-state index contributed by atoms with van der Waals surface area (Å²) >= 11 is 0. The minimum Gasteiger partial charge on any atom is -0.375 e. The molecule has 0 aromatic heterocycles. The van der Waals surface area contributed by atoms with Crippen molar-refractivity contribution in [3.8, 4) is 0 Å². The second-order valence-electron chi connectivity index (χ2n) is 5.57. The molecular weight excluding hydrogens is 274 g/mol. The van der Waals surface area contributed by atoms with Gasteiger partial charge in [0.2, 0.25) is 5.91 Å². The van der Waals surface area contributed by atoms with E-state index in [1.807, 2.05) is 42.5 Å². The molecule has 4 nitrogen and oxygen atoms in total. The third-order valence-corrected chi connectivity index (χ3v) is 4.01. The van der Waals surface area contributed by atoms with E-state index in [9.17, 15) is 4.79 Å². The van der Waals surface area contributed by atoms with Crippen molar-refractivity contribution in [1.82, 2.24) is 5.32 Å². The van der Waals surface area contributed by atoms with Gasteiger partial charge < -0.3 is 15.5 Å². The molecule has 0 bridgehead atoms. The molecule has 2 aromatic rings. The largest absolute Gasteiger partial charge is 0.375 e. The number of carbonyl (C=O) groups is 1. The second-order valence-corrected chi connectivity index (χ2v) is 5.57. The van der Waals surface area contributed by atoms with Gasteiger partial charge in [0.05, 0.1) is 0 Å². The Morgan fingerprint density at radius 3 is 2.64 bits per heavy atom. The van der Waals surface area contributed by atoms with Gasteiger partial charge in [-0.05, 0) is 31.2 Å². The third-order valence-electron chi connectivity index (χ3n) is 4.01. The lowest BCUT2D eigenvalue weighted by molar-refractivity contribution is -0.117. The number of carbonyl (C=O) groups excluding carboxylic acids is 1. The van der Waals surface area contributed by atoms with Gasteiger partial charge in [-0.1, -0.05) is 36.4 Å². The molecule has 22 heavy (non-hydrogen) atoms. The Hall–Kier alpha value is -2.33. The number of amides is 1. The highest BCUT2D eigenvalue weighted by molar-refractivity contribution is 6.02. The Morgan fingerprint density at radius 1 is 1.09 bits per heavy atom. The van der Waals surface area contributed by atoms with Crippen molar-refractivity contribution < 1.29 is 4.79 Å². The van der Waals surface area contributed by atoms with Crippen LogP contribution in [0.2, 0.25) is 0 Å². The molecule has 114 valence electrons. The zero-order valence-electron chi connectivity index (χ0n) is 12.8. The Balaban J connectivity index is 1.49. The van der Waals surface area contributed by atoms with Crippen LogP contribution in [0.15, 0.2) is 54.6 Å². The molecule has 0 radical (unpaired) electrons. The van der Waals surface area contributed by atoms with Gasteiger partial charge in [0.15, 0.2) is 0 Å². The number of nitrogens with one attached hydrogen (secondary N) is 2. The first kappa shape index (κ1) is 14.6. The molecule has 0 spiro atoms. The molecule has 2 aromatic carbocycles. The molecule has 1 heterocycles. The molecule has 0 aliphatic carbocycles. The first-order valence-electron chi connectivity index (χ1n) is 7.65. The van der Waals surface area contributed by atoms with Gasteiger partial charge >= 0.3 is 0 Å². The first-order valence-corrected chi connectivity index (χ1v) is 7.65. The molecule has 1 aliphatic rings. The molecule has 0 fully saturated rings. The third kappa shape index (κ3) is 3.12. The summed E-state index contributed by atoms with van der Waals surface area (Å²) in [4.78, 5) is 14.2. The number of hydrogen-bond acceptors (Lipinski definition) is 3. The average molecular weight is 295 g/mol. The lowest BCUT2D eigenvalue weighted by Crippen LogP contribution is -2.30. The maximum absolute atomic E-state index is 12.0. The van der Waals surface area contributed by atoms with Crippen LogP contribution in [0.25, 0.3) is 0 Å². The quantitative estimate of drug-likeness (QED) is 0.806. The predicted molar refractivity (Wildman–Crippen MR) is 90.1 cm³/mol. The Labute approximate surface area is 131 Å². The highest BCUT2D eigenvalue weighted by Gasteiger charge is 2.29. The smallest absolute Gasteiger partial charge is 0.246 e. The number of hydrogen-bond donors (Lipinski definition) is 2. The first-order chi connectivity index (χ1) is 10.8. The van der Waals surface area contributed by atoms with Gasteiger partial charge in [-0.2, -0.15) is 0 Å². The summed E-state index contributed by atoms with van der Waals surface area (Å²) in [6.07, 6.45) is 0.983. The van der Waals surface area contributed by atoms with E-state index in [0.717, 1.165) is 30.8 Å². The summed E-state index contributed by atoms with van der Waals surface area (Å²) < 4.78 is 0. The van der Waals surface area contributed by atoms with E-state index < -0.39 is 0 Å². The fourth-order valence-corrected chi connectivity index (χ4v) is 2.79. The van der Waals surface area contributed by atoms with Crippen LogP contribution in [0, 0.1) is 0 Å². The van der Waals surface area contributed by atoms with Crippen molar-refractivity contribution in [2.75, 3.05) is 30.4 Å². The maximum atomic E-state index is 12.0. The molecule has 0 saturated carbocycles.